The van der Waals surface area contributed by atoms with E-state index in [9.17, 15) is 9.90 Å². The molecule has 0 bridgehead atoms. The lowest BCUT2D eigenvalue weighted by Crippen LogP contribution is -2.31. The summed E-state index contributed by atoms with van der Waals surface area (Å²) in [6.07, 6.45) is 1.90. The maximum Gasteiger partial charge on any atom is 0.312 e. The van der Waals surface area contributed by atoms with Gasteiger partial charge in [0.2, 0.25) is 0 Å². The molecule has 4 heteroatoms. The van der Waals surface area contributed by atoms with Crippen LogP contribution in [0.4, 0.5) is 0 Å². The maximum absolute atomic E-state index is 11.4. The second-order valence-corrected chi connectivity index (χ2v) is 4.76. The van der Waals surface area contributed by atoms with Crippen molar-refractivity contribution in [3.05, 3.63) is 0 Å². The Morgan fingerprint density at radius 1 is 1.50 bits per heavy atom. The zero-order valence-corrected chi connectivity index (χ0v) is 10.1. The summed E-state index contributed by atoms with van der Waals surface area (Å²) >= 11 is 0. The quantitative estimate of drug-likeness (QED) is 0.667. The van der Waals surface area contributed by atoms with Crippen LogP contribution in [0.15, 0.2) is 0 Å². The molecule has 1 aliphatic heterocycles. The van der Waals surface area contributed by atoms with Crippen LogP contribution in [-0.4, -0.2) is 35.5 Å². The molecule has 0 aromatic carbocycles. The molecule has 0 spiro atoms. The van der Waals surface area contributed by atoms with E-state index in [1.165, 1.54) is 0 Å². The molecule has 16 heavy (non-hydrogen) atoms. The van der Waals surface area contributed by atoms with Crippen LogP contribution in [0.2, 0.25) is 0 Å². The molecule has 1 saturated heterocycles. The molecule has 0 aliphatic carbocycles. The number of carbonyl (C=O) groups is 1. The third kappa shape index (κ3) is 3.19. The first-order valence-electron chi connectivity index (χ1n) is 6.05. The fraction of sp³-hybridized carbons (Fsp3) is 0.917. The molecule has 0 radical (unpaired) electrons. The molecule has 1 fully saturated rings. The van der Waals surface area contributed by atoms with Crippen LogP contribution in [0.5, 0.6) is 0 Å². The number of cyclic esters (lactones) is 1. The molecule has 1 heterocycles. The monoisotopic (exact) mass is 230 g/mol. The highest BCUT2D eigenvalue weighted by molar-refractivity contribution is 5.75. The molecule has 1 unspecified atom stereocenters. The zero-order valence-electron chi connectivity index (χ0n) is 10.1. The lowest BCUT2D eigenvalue weighted by atomic mass is 9.87. The van der Waals surface area contributed by atoms with Gasteiger partial charge in [0.1, 0.15) is 0 Å². The normalized spacial score (nSPS) is 28.9. The van der Waals surface area contributed by atoms with Gasteiger partial charge in [-0.25, -0.2) is 0 Å². The Labute approximate surface area is 96.6 Å². The van der Waals surface area contributed by atoms with Crippen molar-refractivity contribution in [3.63, 3.8) is 0 Å². The predicted molar refractivity (Wildman–Crippen MR) is 59.7 cm³/mol. The first kappa shape index (κ1) is 13.5. The average Bonchev–Trinajstić information content (AvgIpc) is 2.66. The number of carbonyl (C=O) groups excluding carboxylic acids is 1. The van der Waals surface area contributed by atoms with Crippen molar-refractivity contribution in [2.75, 3.05) is 13.2 Å². The Hall–Kier alpha value is -0.610. The summed E-state index contributed by atoms with van der Waals surface area (Å²) in [5, 5.41) is 19.0. The minimum Gasteiger partial charge on any atom is -0.465 e. The van der Waals surface area contributed by atoms with E-state index >= 15 is 0 Å². The van der Waals surface area contributed by atoms with Gasteiger partial charge in [-0.3, -0.25) is 4.79 Å². The summed E-state index contributed by atoms with van der Waals surface area (Å²) in [4.78, 5) is 11.4. The molecule has 4 nitrogen and oxygen atoms in total. The SMILES string of the molecule is CCC(C)CC[C@@H](O)[C@@H]1C(=O)OC[C@H]1CO. The van der Waals surface area contributed by atoms with Crippen LogP contribution in [-0.2, 0) is 9.53 Å². The molecule has 0 saturated carbocycles. The largest absolute Gasteiger partial charge is 0.465 e. The highest BCUT2D eigenvalue weighted by atomic mass is 16.5. The first-order chi connectivity index (χ1) is 7.60. The van der Waals surface area contributed by atoms with E-state index in [0.29, 0.717) is 12.3 Å². The van der Waals surface area contributed by atoms with Crippen molar-refractivity contribution in [2.45, 2.75) is 39.2 Å². The van der Waals surface area contributed by atoms with Gasteiger partial charge >= 0.3 is 5.97 Å². The smallest absolute Gasteiger partial charge is 0.312 e. The van der Waals surface area contributed by atoms with Gasteiger partial charge in [-0.1, -0.05) is 20.3 Å². The molecule has 0 amide bonds. The lowest BCUT2D eigenvalue weighted by Gasteiger charge is -2.20. The van der Waals surface area contributed by atoms with Gasteiger partial charge in [0.05, 0.1) is 25.2 Å². The van der Waals surface area contributed by atoms with Gasteiger partial charge in [0, 0.05) is 5.92 Å². The van der Waals surface area contributed by atoms with Gasteiger partial charge in [-0.15, -0.1) is 0 Å². The van der Waals surface area contributed by atoms with E-state index in [0.717, 1.165) is 12.8 Å². The van der Waals surface area contributed by atoms with Crippen LogP contribution < -0.4 is 0 Å². The van der Waals surface area contributed by atoms with E-state index < -0.39 is 12.0 Å². The standard InChI is InChI=1S/C12H22O4/c1-3-8(2)4-5-10(14)11-9(6-13)7-16-12(11)15/h8-11,13-14H,3-7H2,1-2H3/t8?,9-,10-,11-/m1/s1. The molecular formula is C12H22O4. The van der Waals surface area contributed by atoms with Crippen molar-refractivity contribution >= 4 is 5.97 Å². The van der Waals surface area contributed by atoms with Crippen molar-refractivity contribution in [1.82, 2.24) is 0 Å². The van der Waals surface area contributed by atoms with Gasteiger partial charge in [-0.2, -0.15) is 0 Å². The van der Waals surface area contributed by atoms with Crippen molar-refractivity contribution < 1.29 is 19.7 Å². The Balaban J connectivity index is 2.45. The molecule has 4 atom stereocenters. The van der Waals surface area contributed by atoms with Crippen LogP contribution in [0.3, 0.4) is 0 Å². The van der Waals surface area contributed by atoms with Crippen molar-refractivity contribution in [2.24, 2.45) is 17.8 Å². The Morgan fingerprint density at radius 3 is 2.75 bits per heavy atom. The summed E-state index contributed by atoms with van der Waals surface area (Å²) in [7, 11) is 0. The number of aliphatic hydroxyl groups excluding tert-OH is 2. The lowest BCUT2D eigenvalue weighted by molar-refractivity contribution is -0.144. The second kappa shape index (κ2) is 6.21. The van der Waals surface area contributed by atoms with Crippen LogP contribution in [0.1, 0.15) is 33.1 Å². The molecule has 94 valence electrons. The van der Waals surface area contributed by atoms with Gasteiger partial charge in [-0.05, 0) is 18.8 Å². The highest BCUT2D eigenvalue weighted by Crippen LogP contribution is 2.28. The van der Waals surface area contributed by atoms with Gasteiger partial charge < -0.3 is 14.9 Å². The summed E-state index contributed by atoms with van der Waals surface area (Å²) in [5.74, 6) is -0.580. The summed E-state index contributed by atoms with van der Waals surface area (Å²) in [6, 6.07) is 0. The Kier molecular flexibility index (Phi) is 5.22. The molecule has 2 N–H and O–H groups in total. The fourth-order valence-electron chi connectivity index (χ4n) is 2.06. The topological polar surface area (TPSA) is 66.8 Å². The highest BCUT2D eigenvalue weighted by Gasteiger charge is 2.41. The second-order valence-electron chi connectivity index (χ2n) is 4.76. The third-order valence-electron chi connectivity index (χ3n) is 3.52. The number of esters is 1. The number of rotatable bonds is 6. The number of hydrogen-bond acceptors (Lipinski definition) is 4. The van der Waals surface area contributed by atoms with Crippen molar-refractivity contribution in [3.8, 4) is 0 Å². The molecule has 0 aromatic rings. The average molecular weight is 230 g/mol. The predicted octanol–water partition coefficient (Wildman–Crippen LogP) is 0.955. The van der Waals surface area contributed by atoms with E-state index in [1.807, 2.05) is 0 Å². The Morgan fingerprint density at radius 2 is 2.19 bits per heavy atom. The van der Waals surface area contributed by atoms with Crippen LogP contribution in [0.25, 0.3) is 0 Å². The summed E-state index contributed by atoms with van der Waals surface area (Å²) in [5.41, 5.74) is 0. The minimum absolute atomic E-state index is 0.100. The van der Waals surface area contributed by atoms with E-state index in [2.05, 4.69) is 13.8 Å². The van der Waals surface area contributed by atoms with Gasteiger partial charge in [0.25, 0.3) is 0 Å². The van der Waals surface area contributed by atoms with Crippen LogP contribution in [0, 0.1) is 17.8 Å². The summed E-state index contributed by atoms with van der Waals surface area (Å²) < 4.78 is 4.86. The molecule has 0 aromatic heterocycles. The number of hydrogen-bond donors (Lipinski definition) is 2. The molecule has 1 aliphatic rings. The first-order valence-corrected chi connectivity index (χ1v) is 6.05. The fourth-order valence-corrected chi connectivity index (χ4v) is 2.06. The third-order valence-corrected chi connectivity index (χ3v) is 3.52. The van der Waals surface area contributed by atoms with E-state index in [1.54, 1.807) is 0 Å². The number of aliphatic hydroxyl groups is 2. The molecule has 1 rings (SSSR count). The molecular weight excluding hydrogens is 208 g/mol. The van der Waals surface area contributed by atoms with E-state index in [4.69, 9.17) is 9.84 Å². The maximum atomic E-state index is 11.4. The van der Waals surface area contributed by atoms with E-state index in [-0.39, 0.29) is 25.1 Å². The summed E-state index contributed by atoms with van der Waals surface area (Å²) in [6.45, 7) is 4.37. The number of ether oxygens (including phenoxy) is 1. The minimum atomic E-state index is -0.679. The van der Waals surface area contributed by atoms with Gasteiger partial charge in [0.15, 0.2) is 0 Å². The van der Waals surface area contributed by atoms with Crippen LogP contribution >= 0.6 is 0 Å². The Bertz CT molecular complexity index is 229. The van der Waals surface area contributed by atoms with Crippen molar-refractivity contribution in [1.29, 1.82) is 0 Å². The zero-order chi connectivity index (χ0) is 12.1.